The first kappa shape index (κ1) is 22.4. The van der Waals surface area contributed by atoms with E-state index in [-0.39, 0.29) is 5.91 Å². The molecule has 176 valence electrons. The van der Waals surface area contributed by atoms with Crippen LogP contribution in [-0.4, -0.2) is 38.7 Å². The number of nitrogens with one attached hydrogen (secondary N) is 2. The van der Waals surface area contributed by atoms with E-state index in [0.717, 1.165) is 61.5 Å². The van der Waals surface area contributed by atoms with Crippen LogP contribution in [0.25, 0.3) is 43.8 Å². The van der Waals surface area contributed by atoms with Crippen molar-refractivity contribution in [2.45, 2.75) is 12.6 Å². The van der Waals surface area contributed by atoms with E-state index in [1.165, 1.54) is 0 Å². The number of carbonyl (C=O) groups excluding carboxylic acids is 1. The number of benzene rings is 2. The molecule has 1 amide bonds. The third-order valence-corrected chi connectivity index (χ3v) is 5.85. The number of hydrogen-bond acceptors (Lipinski definition) is 4. The highest BCUT2D eigenvalue weighted by molar-refractivity contribution is 6.16. The molecule has 0 unspecified atom stereocenters. The Morgan fingerprint density at radius 1 is 1.00 bits per heavy atom. The van der Waals surface area contributed by atoms with Crippen molar-refractivity contribution in [3.8, 4) is 11.3 Å². The molecule has 5 aromatic rings. The summed E-state index contributed by atoms with van der Waals surface area (Å²) in [7, 11) is 0. The zero-order chi connectivity index (χ0) is 24.7. The molecule has 0 saturated carbocycles. The summed E-state index contributed by atoms with van der Waals surface area (Å²) in [5.41, 5.74) is 5.60. The maximum atomic E-state index is 12.4. The molecule has 0 fully saturated rings. The molecule has 1 aliphatic rings. The van der Waals surface area contributed by atoms with Gasteiger partial charge in [0.2, 0.25) is 0 Å². The Morgan fingerprint density at radius 3 is 2.54 bits per heavy atom. The second-order valence-corrected chi connectivity index (χ2v) is 8.12. The van der Waals surface area contributed by atoms with E-state index in [4.69, 9.17) is 5.11 Å². The van der Waals surface area contributed by atoms with Crippen LogP contribution in [0.1, 0.15) is 16.1 Å². The fourth-order valence-corrected chi connectivity index (χ4v) is 4.14. The number of allylic oxidation sites excluding steroid dienone is 1. The fraction of sp³-hybridized carbons (Fsp3) is 0.115. The molecule has 0 spiro atoms. The summed E-state index contributed by atoms with van der Waals surface area (Å²) < 4.78 is 32.5. The lowest BCUT2D eigenvalue weighted by atomic mass is 10.0. The van der Waals surface area contributed by atoms with Crippen molar-refractivity contribution < 1.29 is 23.1 Å². The lowest BCUT2D eigenvalue weighted by molar-refractivity contribution is -0.119. The lowest BCUT2D eigenvalue weighted by Gasteiger charge is -2.11. The van der Waals surface area contributed by atoms with Gasteiger partial charge in [-0.1, -0.05) is 36.9 Å². The summed E-state index contributed by atoms with van der Waals surface area (Å²) in [5, 5.41) is 14.7. The average Bonchev–Trinajstić information content (AvgIpc) is 3.24. The molecule has 0 atom stereocenters. The van der Waals surface area contributed by atoms with Crippen LogP contribution in [0.4, 0.5) is 13.2 Å². The Labute approximate surface area is 197 Å². The number of aliphatic hydroxyl groups excluding tert-OH is 1. The van der Waals surface area contributed by atoms with Crippen LogP contribution < -0.4 is 5.32 Å². The van der Waals surface area contributed by atoms with Gasteiger partial charge in [-0.15, -0.1) is 0 Å². The summed E-state index contributed by atoms with van der Waals surface area (Å²) in [6.07, 6.45) is -0.0627. The summed E-state index contributed by atoms with van der Waals surface area (Å²) >= 11 is 0. The van der Waals surface area contributed by atoms with Crippen molar-refractivity contribution in [3.63, 3.8) is 0 Å². The van der Waals surface area contributed by atoms with E-state index >= 15 is 0 Å². The van der Waals surface area contributed by atoms with Gasteiger partial charge in [0.05, 0.1) is 22.3 Å². The van der Waals surface area contributed by atoms with Gasteiger partial charge in [-0.2, -0.15) is 13.2 Å². The maximum Gasteiger partial charge on any atom is 0.448 e. The molecule has 6 rings (SSSR count). The van der Waals surface area contributed by atoms with Crippen molar-refractivity contribution in [2.24, 2.45) is 0 Å². The Hall–Kier alpha value is -4.40. The number of carbonyl (C=O) groups is 1. The second kappa shape index (κ2) is 8.43. The minimum atomic E-state index is -4.64. The van der Waals surface area contributed by atoms with E-state index in [2.05, 4.69) is 45.0 Å². The van der Waals surface area contributed by atoms with Gasteiger partial charge in [0.25, 0.3) is 5.91 Å². The molecular weight excluding hydrogens is 457 g/mol. The number of aliphatic hydroxyl groups is 1. The quantitative estimate of drug-likeness (QED) is 0.265. The monoisotopic (exact) mass is 476 g/mol. The molecule has 1 aliphatic heterocycles. The van der Waals surface area contributed by atoms with Crippen molar-refractivity contribution in [2.75, 3.05) is 6.54 Å². The van der Waals surface area contributed by atoms with E-state index in [1.54, 1.807) is 0 Å². The summed E-state index contributed by atoms with van der Waals surface area (Å²) in [5.74, 6) is -1.76. The number of para-hydroxylation sites is 1. The lowest BCUT2D eigenvalue weighted by Crippen LogP contribution is -2.31. The Kier molecular flexibility index (Phi) is 5.39. The smallest absolute Gasteiger partial charge is 0.448 e. The van der Waals surface area contributed by atoms with Crippen LogP contribution in [0.15, 0.2) is 73.3 Å². The summed E-state index contributed by atoms with van der Waals surface area (Å²) in [6, 6.07) is 16.3. The predicted molar refractivity (Wildman–Crippen MR) is 128 cm³/mol. The number of halogens is 3. The zero-order valence-electron chi connectivity index (χ0n) is 18.3. The number of amides is 1. The first-order chi connectivity index (χ1) is 16.7. The predicted octanol–water partition coefficient (Wildman–Crippen LogP) is 5.84. The number of H-pyrrole nitrogens is 1. The van der Waals surface area contributed by atoms with Crippen LogP contribution in [0.2, 0.25) is 0 Å². The third-order valence-electron chi connectivity index (χ3n) is 5.85. The highest BCUT2D eigenvalue weighted by atomic mass is 19.4. The molecule has 2 aromatic carbocycles. The van der Waals surface area contributed by atoms with Crippen molar-refractivity contribution in [1.82, 2.24) is 20.3 Å². The van der Waals surface area contributed by atoms with Crippen molar-refractivity contribution >= 4 is 38.5 Å². The number of aromatic amines is 1. The van der Waals surface area contributed by atoms with Gasteiger partial charge >= 0.3 is 6.18 Å². The van der Waals surface area contributed by atoms with Gasteiger partial charge in [-0.05, 0) is 18.2 Å². The molecule has 4 heterocycles. The van der Waals surface area contributed by atoms with E-state index in [1.807, 2.05) is 42.7 Å². The number of aromatic nitrogens is 3. The number of hydrogen-bond donors (Lipinski definition) is 3. The van der Waals surface area contributed by atoms with Gasteiger partial charge in [0.1, 0.15) is 0 Å². The Morgan fingerprint density at radius 2 is 1.77 bits per heavy atom. The minimum absolute atomic E-state index is 0.000131. The first-order valence-corrected chi connectivity index (χ1v) is 10.7. The van der Waals surface area contributed by atoms with Gasteiger partial charge in [0.15, 0.2) is 5.76 Å². The molecule has 3 N–H and O–H groups in total. The third kappa shape index (κ3) is 4.16. The largest absolute Gasteiger partial charge is 0.505 e. The topological polar surface area (TPSA) is 90.9 Å². The van der Waals surface area contributed by atoms with Gasteiger partial charge < -0.3 is 15.4 Å². The summed E-state index contributed by atoms with van der Waals surface area (Å²) in [6.45, 7) is 2.93. The highest BCUT2D eigenvalue weighted by Gasteiger charge is 2.31. The van der Waals surface area contributed by atoms with Crippen LogP contribution in [0.5, 0.6) is 0 Å². The molecule has 0 bridgehead atoms. The van der Waals surface area contributed by atoms with Gasteiger partial charge in [0, 0.05) is 58.2 Å². The molecule has 35 heavy (non-hydrogen) atoms. The number of alkyl halides is 3. The Bertz CT molecular complexity index is 1620. The number of fused-ring (bicyclic) bond motifs is 6. The molecule has 9 heteroatoms. The van der Waals surface area contributed by atoms with E-state index < -0.39 is 11.9 Å². The first-order valence-electron chi connectivity index (χ1n) is 10.7. The maximum absolute atomic E-state index is 12.4. The number of nitrogens with zero attached hydrogens (tertiary/aromatic N) is 2. The second-order valence-electron chi connectivity index (χ2n) is 8.12. The highest BCUT2D eigenvalue weighted by Crippen LogP contribution is 2.33. The standard InChI is InChI=1S/C23H16N4O.C3H3F3O/c28-23-21-16-6-5-14-11-26-20(10-17(14)22(16)27-19(21)7-8-24-23)15-9-13-3-1-2-4-18(13)25-12-15;1-2(7)3(4,5)6/h1-6,9-12,27H,7-8H2,(H,24,28);7H,1H2. The van der Waals surface area contributed by atoms with Gasteiger partial charge in [-0.25, -0.2) is 0 Å². The molecule has 0 saturated heterocycles. The molecule has 0 radical (unpaired) electrons. The normalized spacial score (nSPS) is 13.3. The molecule has 6 nitrogen and oxygen atoms in total. The molecule has 0 aliphatic carbocycles. The van der Waals surface area contributed by atoms with Crippen LogP contribution in [0.3, 0.4) is 0 Å². The van der Waals surface area contributed by atoms with Crippen molar-refractivity contribution in [3.05, 3.63) is 84.5 Å². The van der Waals surface area contributed by atoms with Crippen LogP contribution in [-0.2, 0) is 6.42 Å². The van der Waals surface area contributed by atoms with E-state index in [9.17, 15) is 18.0 Å². The van der Waals surface area contributed by atoms with Gasteiger partial charge in [-0.3, -0.25) is 14.8 Å². The summed E-state index contributed by atoms with van der Waals surface area (Å²) in [4.78, 5) is 25.1. The number of pyridine rings is 2. The van der Waals surface area contributed by atoms with Crippen LogP contribution >= 0.6 is 0 Å². The molecular formula is C26H19F3N4O2. The average molecular weight is 476 g/mol. The van der Waals surface area contributed by atoms with Crippen LogP contribution in [0, 0.1) is 0 Å². The number of rotatable bonds is 1. The molecule has 3 aromatic heterocycles. The van der Waals surface area contributed by atoms with Crippen molar-refractivity contribution in [1.29, 1.82) is 0 Å². The zero-order valence-corrected chi connectivity index (χ0v) is 18.3. The Balaban J connectivity index is 0.000000320. The fourth-order valence-electron chi connectivity index (χ4n) is 4.14. The SMILES string of the molecule is C=C(O)C(F)(F)F.O=C1NCCc2[nH]c3c(ccc4cnc(-c5cnc6ccccc6c5)cc43)c21. The van der Waals surface area contributed by atoms with E-state index in [0.29, 0.717) is 6.54 Å². The minimum Gasteiger partial charge on any atom is -0.505 e.